The number of hydrogen-bond acceptors (Lipinski definition) is 8. The van der Waals surface area contributed by atoms with Crippen molar-refractivity contribution < 1.29 is 23.9 Å². The van der Waals surface area contributed by atoms with Crippen LogP contribution in [0.1, 0.15) is 84.2 Å². The number of benzene rings is 2. The zero-order valence-electron chi connectivity index (χ0n) is 28.4. The topological polar surface area (TPSA) is 113 Å². The molecule has 1 saturated heterocycles. The van der Waals surface area contributed by atoms with E-state index in [1.165, 1.54) is 11.3 Å². The molecule has 2 N–H and O–H groups in total. The third-order valence-electron chi connectivity index (χ3n) is 7.69. The van der Waals surface area contributed by atoms with Crippen LogP contribution in [-0.2, 0) is 4.74 Å². The molecule has 0 radical (unpaired) electrons. The standard InChI is InChI=1S/C35H47N5O5S/c1-10-40(34(4,5)6)33(43)44-29-14-12-24(20-26(29)27-21-46-31(37-27)38-32(42)45-35(7,8)9)36-30(41)25-13-11-23(3)19-28(25)39-17-15-22(2)16-18-39/h11-14,19-22H,10,15-18H2,1-9H3,(H,36,41)(H,37,38,42). The second-order valence-corrected chi connectivity index (χ2v) is 14.7. The molecule has 0 atom stereocenters. The summed E-state index contributed by atoms with van der Waals surface area (Å²) in [5, 5.41) is 7.79. The minimum absolute atomic E-state index is 0.236. The molecule has 46 heavy (non-hydrogen) atoms. The number of nitrogens with one attached hydrogen (secondary N) is 2. The van der Waals surface area contributed by atoms with Gasteiger partial charge in [0.15, 0.2) is 5.13 Å². The molecule has 1 aromatic heterocycles. The van der Waals surface area contributed by atoms with E-state index in [9.17, 15) is 14.4 Å². The summed E-state index contributed by atoms with van der Waals surface area (Å²) < 4.78 is 11.3. The molecule has 1 aliphatic heterocycles. The molecular weight excluding hydrogens is 602 g/mol. The fraction of sp³-hybridized carbons (Fsp3) is 0.486. The number of ether oxygens (including phenoxy) is 2. The van der Waals surface area contributed by atoms with Crippen LogP contribution >= 0.6 is 11.3 Å². The molecule has 248 valence electrons. The third kappa shape index (κ3) is 8.99. The first-order valence-electron chi connectivity index (χ1n) is 15.8. The van der Waals surface area contributed by atoms with Crippen LogP contribution < -0.4 is 20.3 Å². The second kappa shape index (κ2) is 14.1. The van der Waals surface area contributed by atoms with Gasteiger partial charge in [-0.2, -0.15) is 0 Å². The van der Waals surface area contributed by atoms with E-state index in [1.54, 1.807) is 49.3 Å². The van der Waals surface area contributed by atoms with Crippen LogP contribution in [0.15, 0.2) is 41.8 Å². The number of carbonyl (C=O) groups excluding carboxylic acids is 3. The SMILES string of the molecule is CCN(C(=O)Oc1ccc(NC(=O)c2ccc(C)cc2N2CCC(C)CC2)cc1-c1csc(NC(=O)OC(C)(C)C)n1)C(C)(C)C. The summed E-state index contributed by atoms with van der Waals surface area (Å²) in [4.78, 5) is 47.9. The molecule has 2 heterocycles. The molecule has 0 unspecified atom stereocenters. The summed E-state index contributed by atoms with van der Waals surface area (Å²) in [6.45, 7) is 19.6. The van der Waals surface area contributed by atoms with Crippen molar-refractivity contribution in [2.45, 2.75) is 86.3 Å². The second-order valence-electron chi connectivity index (χ2n) is 13.8. The largest absolute Gasteiger partial charge is 0.444 e. The van der Waals surface area contributed by atoms with Gasteiger partial charge >= 0.3 is 12.2 Å². The molecule has 1 aliphatic rings. The predicted molar refractivity (Wildman–Crippen MR) is 185 cm³/mol. The molecule has 11 heteroatoms. The van der Waals surface area contributed by atoms with Crippen LogP contribution in [0, 0.1) is 12.8 Å². The van der Waals surface area contributed by atoms with Crippen molar-refractivity contribution in [1.29, 1.82) is 0 Å². The summed E-state index contributed by atoms with van der Waals surface area (Å²) in [6.07, 6.45) is 1.04. The van der Waals surface area contributed by atoms with Crippen LogP contribution in [0.5, 0.6) is 5.75 Å². The summed E-state index contributed by atoms with van der Waals surface area (Å²) >= 11 is 1.21. The Morgan fingerprint density at radius 1 is 1.02 bits per heavy atom. The van der Waals surface area contributed by atoms with Crippen molar-refractivity contribution in [1.82, 2.24) is 9.88 Å². The molecule has 0 spiro atoms. The number of piperidine rings is 1. The van der Waals surface area contributed by atoms with E-state index in [2.05, 4.69) is 33.5 Å². The Labute approximate surface area is 276 Å². The van der Waals surface area contributed by atoms with E-state index in [1.807, 2.05) is 46.8 Å². The number of hydrogen-bond donors (Lipinski definition) is 2. The first-order chi connectivity index (χ1) is 21.5. The van der Waals surface area contributed by atoms with Crippen LogP contribution in [0.3, 0.4) is 0 Å². The van der Waals surface area contributed by atoms with E-state index in [0.29, 0.717) is 40.1 Å². The quantitative estimate of drug-likeness (QED) is 0.264. The number of amides is 3. The highest BCUT2D eigenvalue weighted by Gasteiger charge is 2.28. The Hall–Kier alpha value is -4.12. The molecule has 10 nitrogen and oxygen atoms in total. The minimum Gasteiger partial charge on any atom is -0.444 e. The lowest BCUT2D eigenvalue weighted by Gasteiger charge is -2.33. The van der Waals surface area contributed by atoms with E-state index >= 15 is 0 Å². The molecule has 0 aliphatic carbocycles. The van der Waals surface area contributed by atoms with Gasteiger partial charge in [-0.15, -0.1) is 11.3 Å². The molecule has 0 saturated carbocycles. The summed E-state index contributed by atoms with van der Waals surface area (Å²) in [5.74, 6) is 0.709. The van der Waals surface area contributed by atoms with Crippen molar-refractivity contribution in [2.75, 3.05) is 35.2 Å². The van der Waals surface area contributed by atoms with Crippen LogP contribution in [-0.4, -0.2) is 58.8 Å². The fourth-order valence-electron chi connectivity index (χ4n) is 5.31. The van der Waals surface area contributed by atoms with Gasteiger partial charge in [0.25, 0.3) is 5.91 Å². The van der Waals surface area contributed by atoms with E-state index in [4.69, 9.17) is 9.47 Å². The number of aryl methyl sites for hydroxylation is 1. The fourth-order valence-corrected chi connectivity index (χ4v) is 6.01. The minimum atomic E-state index is -0.667. The highest BCUT2D eigenvalue weighted by molar-refractivity contribution is 7.14. The average molecular weight is 650 g/mol. The number of aromatic nitrogens is 1. The van der Waals surface area contributed by atoms with E-state index in [0.717, 1.165) is 37.2 Å². The summed E-state index contributed by atoms with van der Waals surface area (Å²) in [5.41, 5.74) is 2.95. The monoisotopic (exact) mass is 649 g/mol. The molecule has 0 bridgehead atoms. The van der Waals surface area contributed by atoms with Gasteiger partial charge in [0.2, 0.25) is 0 Å². The number of anilines is 3. The molecule has 3 aromatic rings. The van der Waals surface area contributed by atoms with Gasteiger partial charge in [-0.05, 0) is 110 Å². The Balaban J connectivity index is 1.66. The van der Waals surface area contributed by atoms with Crippen molar-refractivity contribution in [2.24, 2.45) is 5.92 Å². The maximum Gasteiger partial charge on any atom is 0.415 e. The highest BCUT2D eigenvalue weighted by atomic mass is 32.1. The first kappa shape index (κ1) is 34.7. The number of carbonyl (C=O) groups is 3. The van der Waals surface area contributed by atoms with Crippen molar-refractivity contribution >= 4 is 45.9 Å². The summed E-state index contributed by atoms with van der Waals surface area (Å²) in [7, 11) is 0. The van der Waals surface area contributed by atoms with Crippen LogP contribution in [0.2, 0.25) is 0 Å². The third-order valence-corrected chi connectivity index (χ3v) is 8.45. The molecule has 2 aromatic carbocycles. The number of nitrogens with zero attached hydrogens (tertiary/aromatic N) is 3. The molecular formula is C35H47N5O5S. The number of rotatable bonds is 7. The number of thiazole rings is 1. The van der Waals surface area contributed by atoms with Gasteiger partial charge < -0.3 is 24.6 Å². The van der Waals surface area contributed by atoms with Crippen LogP contribution in [0.25, 0.3) is 11.3 Å². The predicted octanol–water partition coefficient (Wildman–Crippen LogP) is 8.57. The van der Waals surface area contributed by atoms with E-state index in [-0.39, 0.29) is 11.7 Å². The van der Waals surface area contributed by atoms with Crippen LogP contribution in [0.4, 0.5) is 26.1 Å². The normalized spacial score (nSPS) is 14.1. The van der Waals surface area contributed by atoms with Crippen molar-refractivity contribution in [3.05, 3.63) is 52.9 Å². The Kier molecular flexibility index (Phi) is 10.7. The molecule has 3 amide bonds. The Bertz CT molecular complexity index is 1560. The maximum absolute atomic E-state index is 13.7. The zero-order chi connectivity index (χ0) is 33.8. The van der Waals surface area contributed by atoms with Gasteiger partial charge in [-0.25, -0.2) is 14.6 Å². The van der Waals surface area contributed by atoms with Gasteiger partial charge in [-0.3, -0.25) is 10.1 Å². The summed E-state index contributed by atoms with van der Waals surface area (Å²) in [6, 6.07) is 11.0. The highest BCUT2D eigenvalue weighted by Crippen LogP contribution is 2.36. The van der Waals surface area contributed by atoms with Gasteiger partial charge in [0.1, 0.15) is 11.4 Å². The Morgan fingerprint density at radius 3 is 2.35 bits per heavy atom. The lowest BCUT2D eigenvalue weighted by atomic mass is 9.97. The van der Waals surface area contributed by atoms with Crippen molar-refractivity contribution in [3.8, 4) is 17.0 Å². The molecule has 1 fully saturated rings. The van der Waals surface area contributed by atoms with Gasteiger partial charge in [0, 0.05) is 47.5 Å². The van der Waals surface area contributed by atoms with Gasteiger partial charge in [0.05, 0.1) is 11.3 Å². The molecule has 4 rings (SSSR count). The maximum atomic E-state index is 13.7. The van der Waals surface area contributed by atoms with Gasteiger partial charge in [-0.1, -0.05) is 13.0 Å². The smallest absolute Gasteiger partial charge is 0.415 e. The van der Waals surface area contributed by atoms with E-state index < -0.39 is 23.3 Å². The average Bonchev–Trinajstić information content (AvgIpc) is 3.40. The zero-order valence-corrected chi connectivity index (χ0v) is 29.3. The lowest BCUT2D eigenvalue weighted by molar-refractivity contribution is 0.0635. The Morgan fingerprint density at radius 2 is 1.72 bits per heavy atom. The first-order valence-corrected chi connectivity index (χ1v) is 16.7. The lowest BCUT2D eigenvalue weighted by Crippen LogP contribution is -2.46. The van der Waals surface area contributed by atoms with Crippen molar-refractivity contribution in [3.63, 3.8) is 0 Å².